The summed E-state index contributed by atoms with van der Waals surface area (Å²) in [5.41, 5.74) is 0. The molecule has 0 N–H and O–H groups in total. The highest BCUT2D eigenvalue weighted by molar-refractivity contribution is 5.80. The van der Waals surface area contributed by atoms with E-state index in [1.807, 2.05) is 11.9 Å². The van der Waals surface area contributed by atoms with Crippen LogP contribution in [-0.4, -0.2) is 36.5 Å². The maximum atomic E-state index is 11.0. The average Bonchev–Trinajstić information content (AvgIpc) is 1.96. The fourth-order valence-corrected chi connectivity index (χ4v) is 1.22. The number of nitrogens with zero attached hydrogens (tertiary/aromatic N) is 1. The molecule has 0 amide bonds. The van der Waals surface area contributed by atoms with E-state index >= 15 is 0 Å². The third kappa shape index (κ3) is 2.30. The van der Waals surface area contributed by atoms with Crippen LogP contribution >= 0.6 is 0 Å². The number of esters is 1. The van der Waals surface area contributed by atoms with Crippen molar-refractivity contribution >= 4 is 11.8 Å². The van der Waals surface area contributed by atoms with Crippen LogP contribution in [0.3, 0.4) is 0 Å². The van der Waals surface area contributed by atoms with Gasteiger partial charge in [-0.15, -0.1) is 0 Å². The van der Waals surface area contributed by atoms with Gasteiger partial charge in [-0.05, 0) is 7.05 Å². The van der Waals surface area contributed by atoms with Crippen LogP contribution in [0.25, 0.3) is 0 Å². The van der Waals surface area contributed by atoms with Crippen LogP contribution < -0.4 is 0 Å². The van der Waals surface area contributed by atoms with Gasteiger partial charge in [0, 0.05) is 19.9 Å². The summed E-state index contributed by atoms with van der Waals surface area (Å²) in [6.45, 7) is 2.03. The molecule has 0 aromatic carbocycles. The first-order valence-corrected chi connectivity index (χ1v) is 3.99. The van der Waals surface area contributed by atoms with Crippen molar-refractivity contribution in [3.8, 4) is 0 Å². The lowest BCUT2D eigenvalue weighted by molar-refractivity contribution is -0.160. The van der Waals surface area contributed by atoms with E-state index in [1.165, 1.54) is 6.92 Å². The SMILES string of the molecule is CC(=O)OC1CC(=O)CCN1C. The van der Waals surface area contributed by atoms with E-state index in [9.17, 15) is 9.59 Å². The second-order valence-electron chi connectivity index (χ2n) is 3.04. The van der Waals surface area contributed by atoms with Gasteiger partial charge in [-0.3, -0.25) is 14.5 Å². The summed E-state index contributed by atoms with van der Waals surface area (Å²) in [4.78, 5) is 23.5. The van der Waals surface area contributed by atoms with Crippen LogP contribution in [0.4, 0.5) is 0 Å². The lowest BCUT2D eigenvalue weighted by Crippen LogP contribution is -2.42. The van der Waals surface area contributed by atoms with Crippen LogP contribution in [0.1, 0.15) is 19.8 Å². The molecule has 1 heterocycles. The van der Waals surface area contributed by atoms with Crippen molar-refractivity contribution in [1.82, 2.24) is 4.90 Å². The molecule has 0 aromatic heterocycles. The van der Waals surface area contributed by atoms with E-state index in [1.54, 1.807) is 0 Å². The molecule has 1 unspecified atom stereocenters. The molecule has 68 valence electrons. The van der Waals surface area contributed by atoms with Gasteiger partial charge in [0.15, 0.2) is 6.23 Å². The number of hydrogen-bond acceptors (Lipinski definition) is 4. The second kappa shape index (κ2) is 3.67. The van der Waals surface area contributed by atoms with Crippen molar-refractivity contribution in [2.45, 2.75) is 26.0 Å². The van der Waals surface area contributed by atoms with Crippen LogP contribution in [-0.2, 0) is 14.3 Å². The number of Topliss-reactive ketones (excluding diaryl/α,β-unsaturated/α-hetero) is 1. The third-order valence-corrected chi connectivity index (χ3v) is 1.94. The van der Waals surface area contributed by atoms with Crippen LogP contribution in [0.2, 0.25) is 0 Å². The van der Waals surface area contributed by atoms with E-state index in [0.717, 1.165) is 0 Å². The summed E-state index contributed by atoms with van der Waals surface area (Å²) in [7, 11) is 1.85. The molecule has 0 bridgehead atoms. The summed E-state index contributed by atoms with van der Waals surface area (Å²) in [6, 6.07) is 0. The summed E-state index contributed by atoms with van der Waals surface area (Å²) >= 11 is 0. The minimum absolute atomic E-state index is 0.166. The first kappa shape index (κ1) is 9.19. The normalized spacial score (nSPS) is 25.5. The van der Waals surface area contributed by atoms with E-state index in [2.05, 4.69) is 0 Å². The summed E-state index contributed by atoms with van der Waals surface area (Å²) in [5, 5.41) is 0. The number of carbonyl (C=O) groups is 2. The molecule has 1 saturated heterocycles. The van der Waals surface area contributed by atoms with E-state index in [4.69, 9.17) is 4.74 Å². The van der Waals surface area contributed by atoms with Crippen LogP contribution in [0, 0.1) is 0 Å². The topological polar surface area (TPSA) is 46.6 Å². The van der Waals surface area contributed by atoms with Crippen molar-refractivity contribution in [3.63, 3.8) is 0 Å². The Morgan fingerprint density at radius 3 is 2.92 bits per heavy atom. The van der Waals surface area contributed by atoms with Crippen molar-refractivity contribution in [2.75, 3.05) is 13.6 Å². The van der Waals surface area contributed by atoms with Crippen LogP contribution in [0.5, 0.6) is 0 Å². The molecule has 1 aliphatic heterocycles. The van der Waals surface area contributed by atoms with Crippen molar-refractivity contribution in [3.05, 3.63) is 0 Å². The minimum Gasteiger partial charge on any atom is -0.446 e. The third-order valence-electron chi connectivity index (χ3n) is 1.94. The zero-order chi connectivity index (χ0) is 9.14. The molecule has 1 atom stereocenters. The average molecular weight is 171 g/mol. The number of rotatable bonds is 1. The van der Waals surface area contributed by atoms with E-state index in [-0.39, 0.29) is 18.0 Å². The molecular weight excluding hydrogens is 158 g/mol. The van der Waals surface area contributed by atoms with Crippen molar-refractivity contribution in [2.24, 2.45) is 0 Å². The number of ketones is 1. The van der Waals surface area contributed by atoms with Gasteiger partial charge in [-0.25, -0.2) is 0 Å². The Hall–Kier alpha value is -0.900. The number of carbonyl (C=O) groups excluding carboxylic acids is 2. The highest BCUT2D eigenvalue weighted by Gasteiger charge is 2.25. The van der Waals surface area contributed by atoms with Gasteiger partial charge in [-0.2, -0.15) is 0 Å². The molecule has 0 radical (unpaired) electrons. The zero-order valence-electron chi connectivity index (χ0n) is 7.37. The molecule has 0 aliphatic carbocycles. The highest BCUT2D eigenvalue weighted by atomic mass is 16.6. The van der Waals surface area contributed by atoms with Gasteiger partial charge in [0.05, 0.1) is 6.42 Å². The lowest BCUT2D eigenvalue weighted by Gasteiger charge is -2.30. The number of hydrogen-bond donors (Lipinski definition) is 0. The smallest absolute Gasteiger partial charge is 0.304 e. The fraction of sp³-hybridized carbons (Fsp3) is 0.750. The maximum absolute atomic E-state index is 11.0. The molecule has 0 aromatic rings. The lowest BCUT2D eigenvalue weighted by atomic mass is 10.1. The molecule has 0 spiro atoms. The first-order valence-electron chi connectivity index (χ1n) is 3.99. The Labute approximate surface area is 71.5 Å². The summed E-state index contributed by atoms with van der Waals surface area (Å²) in [5.74, 6) is -0.166. The number of piperidine rings is 1. The standard InChI is InChI=1S/C8H13NO3/c1-6(10)12-8-5-7(11)3-4-9(8)2/h8H,3-5H2,1-2H3. The monoisotopic (exact) mass is 171 g/mol. The predicted octanol–water partition coefficient (Wildman–Crippen LogP) is 0.170. The first-order chi connectivity index (χ1) is 5.59. The Kier molecular flexibility index (Phi) is 2.81. The molecule has 1 aliphatic rings. The predicted molar refractivity (Wildman–Crippen MR) is 42.4 cm³/mol. The second-order valence-corrected chi connectivity index (χ2v) is 3.04. The molecule has 1 fully saturated rings. The quantitative estimate of drug-likeness (QED) is 0.528. The highest BCUT2D eigenvalue weighted by Crippen LogP contribution is 2.13. The van der Waals surface area contributed by atoms with Gasteiger partial charge in [0.2, 0.25) is 0 Å². The molecule has 12 heavy (non-hydrogen) atoms. The van der Waals surface area contributed by atoms with Gasteiger partial charge in [0.1, 0.15) is 5.78 Å². The molecule has 0 saturated carbocycles. The Bertz CT molecular complexity index is 200. The molecule has 4 heteroatoms. The maximum Gasteiger partial charge on any atom is 0.304 e. The summed E-state index contributed by atoms with van der Waals surface area (Å²) in [6.07, 6.45) is 0.549. The molecular formula is C8H13NO3. The van der Waals surface area contributed by atoms with Gasteiger partial charge < -0.3 is 4.74 Å². The Morgan fingerprint density at radius 1 is 1.67 bits per heavy atom. The molecule has 4 nitrogen and oxygen atoms in total. The number of likely N-dealkylation sites (tertiary alicyclic amines) is 1. The van der Waals surface area contributed by atoms with E-state index in [0.29, 0.717) is 19.4 Å². The van der Waals surface area contributed by atoms with Gasteiger partial charge in [0.25, 0.3) is 0 Å². The molecule has 1 rings (SSSR count). The van der Waals surface area contributed by atoms with Gasteiger partial charge in [-0.1, -0.05) is 0 Å². The van der Waals surface area contributed by atoms with Crippen molar-refractivity contribution in [1.29, 1.82) is 0 Å². The van der Waals surface area contributed by atoms with Crippen LogP contribution in [0.15, 0.2) is 0 Å². The summed E-state index contributed by atoms with van der Waals surface area (Å²) < 4.78 is 4.94. The Balaban J connectivity index is 2.49. The van der Waals surface area contributed by atoms with Crippen molar-refractivity contribution < 1.29 is 14.3 Å². The minimum atomic E-state index is -0.344. The fourth-order valence-electron chi connectivity index (χ4n) is 1.22. The zero-order valence-corrected chi connectivity index (χ0v) is 7.37. The Morgan fingerprint density at radius 2 is 2.33 bits per heavy atom. The number of ether oxygens (including phenoxy) is 1. The van der Waals surface area contributed by atoms with Gasteiger partial charge >= 0.3 is 5.97 Å². The largest absolute Gasteiger partial charge is 0.446 e. The van der Waals surface area contributed by atoms with E-state index < -0.39 is 0 Å².